The van der Waals surface area contributed by atoms with Crippen LogP contribution in [0.5, 0.6) is 0 Å². The first-order chi connectivity index (χ1) is 9.63. The first-order valence-electron chi connectivity index (χ1n) is 6.90. The zero-order chi connectivity index (χ0) is 14.6. The number of carbonyl (C=O) groups is 1. The van der Waals surface area contributed by atoms with Gasteiger partial charge in [-0.05, 0) is 44.4 Å². The van der Waals surface area contributed by atoms with E-state index in [-0.39, 0.29) is 11.2 Å². The minimum Gasteiger partial charge on any atom is -0.487 e. The second-order valence-corrected chi connectivity index (χ2v) is 5.21. The number of esters is 1. The summed E-state index contributed by atoms with van der Waals surface area (Å²) in [5, 5.41) is 0.723. The molecule has 3 nitrogen and oxygen atoms in total. The lowest BCUT2D eigenvalue weighted by Gasteiger charge is -2.15. The van der Waals surface area contributed by atoms with Crippen LogP contribution in [-0.2, 0) is 19.7 Å². The van der Waals surface area contributed by atoms with Crippen LogP contribution in [0.25, 0.3) is 0 Å². The van der Waals surface area contributed by atoms with E-state index in [9.17, 15) is 4.79 Å². The molecule has 1 aliphatic rings. The van der Waals surface area contributed by atoms with Crippen LogP contribution in [0.2, 0.25) is 5.02 Å². The molecule has 0 heterocycles. The number of halogens is 1. The van der Waals surface area contributed by atoms with Gasteiger partial charge in [-0.1, -0.05) is 29.8 Å². The van der Waals surface area contributed by atoms with Crippen molar-refractivity contribution in [3.8, 4) is 0 Å². The average Bonchev–Trinajstić information content (AvgIpc) is 3.20. The minimum atomic E-state index is -0.410. The van der Waals surface area contributed by atoms with E-state index < -0.39 is 5.97 Å². The molecular formula is C16H19ClO3. The van der Waals surface area contributed by atoms with Crippen molar-refractivity contribution in [2.45, 2.75) is 32.1 Å². The van der Waals surface area contributed by atoms with E-state index in [2.05, 4.69) is 0 Å². The smallest absolute Gasteiger partial charge is 0.373 e. The SMILES string of the molecule is CCOC(=O)C(=CC1(c2ccccc2Cl)CC1)OCC. The first-order valence-corrected chi connectivity index (χ1v) is 7.28. The van der Waals surface area contributed by atoms with Crippen molar-refractivity contribution < 1.29 is 14.3 Å². The third-order valence-corrected chi connectivity index (χ3v) is 3.71. The molecule has 2 rings (SSSR count). The van der Waals surface area contributed by atoms with Crippen LogP contribution < -0.4 is 0 Å². The van der Waals surface area contributed by atoms with Gasteiger partial charge in [0.05, 0.1) is 13.2 Å². The second kappa shape index (κ2) is 6.31. The van der Waals surface area contributed by atoms with Gasteiger partial charge < -0.3 is 9.47 Å². The lowest BCUT2D eigenvalue weighted by atomic mass is 9.95. The molecule has 0 unspecified atom stereocenters. The molecule has 0 atom stereocenters. The summed E-state index contributed by atoms with van der Waals surface area (Å²) in [6, 6.07) is 7.73. The molecule has 0 saturated heterocycles. The Morgan fingerprint density at radius 3 is 2.45 bits per heavy atom. The molecule has 108 valence electrons. The van der Waals surface area contributed by atoms with Gasteiger partial charge in [-0.15, -0.1) is 0 Å². The van der Waals surface area contributed by atoms with Crippen molar-refractivity contribution in [3.05, 3.63) is 46.7 Å². The van der Waals surface area contributed by atoms with E-state index in [4.69, 9.17) is 21.1 Å². The number of ether oxygens (including phenoxy) is 2. The summed E-state index contributed by atoms with van der Waals surface area (Å²) in [7, 11) is 0. The molecule has 1 aliphatic carbocycles. The van der Waals surface area contributed by atoms with Crippen molar-refractivity contribution in [2.24, 2.45) is 0 Å². The third-order valence-electron chi connectivity index (χ3n) is 3.38. The van der Waals surface area contributed by atoms with Gasteiger partial charge in [0.1, 0.15) is 0 Å². The van der Waals surface area contributed by atoms with Crippen molar-refractivity contribution in [1.82, 2.24) is 0 Å². The Balaban J connectivity index is 2.30. The summed E-state index contributed by atoms with van der Waals surface area (Å²) >= 11 is 6.26. The first kappa shape index (κ1) is 14.9. The molecule has 0 spiro atoms. The van der Waals surface area contributed by atoms with E-state index in [1.807, 2.05) is 37.3 Å². The Morgan fingerprint density at radius 2 is 1.90 bits per heavy atom. The fraction of sp³-hybridized carbons (Fsp3) is 0.438. The number of benzene rings is 1. The van der Waals surface area contributed by atoms with Crippen LogP contribution in [0.3, 0.4) is 0 Å². The zero-order valence-electron chi connectivity index (χ0n) is 11.8. The molecule has 4 heteroatoms. The summed E-state index contributed by atoms with van der Waals surface area (Å²) < 4.78 is 10.5. The largest absolute Gasteiger partial charge is 0.487 e. The lowest BCUT2D eigenvalue weighted by molar-refractivity contribution is -0.142. The topological polar surface area (TPSA) is 35.5 Å². The number of allylic oxidation sites excluding steroid dienone is 1. The van der Waals surface area contributed by atoms with E-state index in [0.717, 1.165) is 23.4 Å². The van der Waals surface area contributed by atoms with Gasteiger partial charge in [0.25, 0.3) is 0 Å². The Kier molecular flexibility index (Phi) is 4.71. The fourth-order valence-corrected chi connectivity index (χ4v) is 2.58. The Bertz CT molecular complexity index is 518. The standard InChI is InChI=1S/C16H19ClO3/c1-3-19-14(15(18)20-4-2)11-16(9-10-16)12-7-5-6-8-13(12)17/h5-8,11H,3-4,9-10H2,1-2H3. The van der Waals surface area contributed by atoms with Gasteiger partial charge in [0, 0.05) is 10.4 Å². The highest BCUT2D eigenvalue weighted by Crippen LogP contribution is 2.52. The summed E-state index contributed by atoms with van der Waals surface area (Å²) in [6.07, 6.45) is 3.80. The zero-order valence-corrected chi connectivity index (χ0v) is 12.6. The van der Waals surface area contributed by atoms with Crippen LogP contribution in [0.4, 0.5) is 0 Å². The molecule has 0 amide bonds. The lowest BCUT2D eigenvalue weighted by Crippen LogP contribution is -2.14. The van der Waals surface area contributed by atoms with Crippen molar-refractivity contribution in [3.63, 3.8) is 0 Å². The molecule has 1 fully saturated rings. The van der Waals surface area contributed by atoms with Crippen LogP contribution in [0, 0.1) is 0 Å². The van der Waals surface area contributed by atoms with Crippen molar-refractivity contribution >= 4 is 17.6 Å². The monoisotopic (exact) mass is 294 g/mol. The summed E-state index contributed by atoms with van der Waals surface area (Å²) in [6.45, 7) is 4.40. The van der Waals surface area contributed by atoms with E-state index in [0.29, 0.717) is 13.2 Å². The van der Waals surface area contributed by atoms with Crippen LogP contribution in [0.1, 0.15) is 32.3 Å². The Hall–Kier alpha value is -1.48. The van der Waals surface area contributed by atoms with Gasteiger partial charge >= 0.3 is 5.97 Å². The van der Waals surface area contributed by atoms with Gasteiger partial charge in [0.2, 0.25) is 5.76 Å². The molecule has 1 aromatic carbocycles. The highest BCUT2D eigenvalue weighted by Gasteiger charge is 2.45. The molecule has 20 heavy (non-hydrogen) atoms. The maximum absolute atomic E-state index is 11.9. The molecule has 1 aromatic rings. The van der Waals surface area contributed by atoms with Gasteiger partial charge in [-0.25, -0.2) is 4.79 Å². The Labute approximate surface area is 124 Å². The maximum atomic E-state index is 11.9. The summed E-state index contributed by atoms with van der Waals surface area (Å²) in [5.41, 5.74) is 0.860. The fourth-order valence-electron chi connectivity index (χ4n) is 2.26. The van der Waals surface area contributed by atoms with Crippen molar-refractivity contribution in [2.75, 3.05) is 13.2 Å². The molecular weight excluding hydrogens is 276 g/mol. The van der Waals surface area contributed by atoms with Crippen LogP contribution >= 0.6 is 11.6 Å². The quantitative estimate of drug-likeness (QED) is 0.454. The molecule has 0 bridgehead atoms. The number of hydrogen-bond donors (Lipinski definition) is 0. The van der Waals surface area contributed by atoms with E-state index in [1.54, 1.807) is 6.92 Å². The minimum absolute atomic E-state index is 0.185. The van der Waals surface area contributed by atoms with E-state index in [1.165, 1.54) is 0 Å². The van der Waals surface area contributed by atoms with Crippen molar-refractivity contribution in [1.29, 1.82) is 0 Å². The second-order valence-electron chi connectivity index (χ2n) is 4.80. The van der Waals surface area contributed by atoms with E-state index >= 15 is 0 Å². The molecule has 0 N–H and O–H groups in total. The predicted molar refractivity (Wildman–Crippen MR) is 78.7 cm³/mol. The average molecular weight is 295 g/mol. The molecule has 0 aromatic heterocycles. The number of hydrogen-bond acceptors (Lipinski definition) is 3. The molecule has 0 aliphatic heterocycles. The normalized spacial score (nSPS) is 16.6. The highest BCUT2D eigenvalue weighted by molar-refractivity contribution is 6.31. The predicted octanol–water partition coefficient (Wildman–Crippen LogP) is 3.86. The van der Waals surface area contributed by atoms with Gasteiger partial charge in [0.15, 0.2) is 0 Å². The number of carbonyl (C=O) groups excluding carboxylic acids is 1. The van der Waals surface area contributed by atoms with Crippen LogP contribution in [-0.4, -0.2) is 19.2 Å². The number of rotatable bonds is 6. The highest BCUT2D eigenvalue weighted by atomic mass is 35.5. The maximum Gasteiger partial charge on any atom is 0.373 e. The summed E-state index contributed by atoms with van der Waals surface area (Å²) in [5.74, 6) is -0.126. The summed E-state index contributed by atoms with van der Waals surface area (Å²) in [4.78, 5) is 11.9. The van der Waals surface area contributed by atoms with Gasteiger partial charge in [-0.2, -0.15) is 0 Å². The van der Waals surface area contributed by atoms with Crippen LogP contribution in [0.15, 0.2) is 36.1 Å². The third kappa shape index (κ3) is 3.15. The Morgan fingerprint density at radius 1 is 1.25 bits per heavy atom. The molecule has 0 radical (unpaired) electrons. The van der Waals surface area contributed by atoms with Gasteiger partial charge in [-0.3, -0.25) is 0 Å². The molecule has 1 saturated carbocycles.